The molecule has 2 rings (SSSR count). The zero-order chi connectivity index (χ0) is 20.5. The molecule has 7 nitrogen and oxygen atoms in total. The van der Waals surface area contributed by atoms with E-state index in [9.17, 15) is 19.2 Å². The van der Waals surface area contributed by atoms with Crippen LogP contribution in [0, 0.1) is 0 Å². The largest absolute Gasteiger partial charge is 0.456 e. The van der Waals surface area contributed by atoms with E-state index in [0.29, 0.717) is 23.2 Å². The molecule has 0 spiro atoms. The number of esters is 1. The summed E-state index contributed by atoms with van der Waals surface area (Å²) in [6.45, 7) is 2.79. The SMILES string of the molecule is CCC(=O)Nc1ccc(C(=O)COC(=O)[C@H](C)NC(=O)c2ccccc2)cc1. The molecule has 0 saturated heterocycles. The summed E-state index contributed by atoms with van der Waals surface area (Å²) in [5.41, 5.74) is 1.36. The van der Waals surface area contributed by atoms with E-state index in [4.69, 9.17) is 4.74 Å². The number of ether oxygens (including phenoxy) is 1. The lowest BCUT2D eigenvalue weighted by molar-refractivity contribution is -0.144. The summed E-state index contributed by atoms with van der Waals surface area (Å²) < 4.78 is 5.00. The highest BCUT2D eigenvalue weighted by atomic mass is 16.5. The minimum absolute atomic E-state index is 0.125. The fourth-order valence-corrected chi connectivity index (χ4v) is 2.26. The van der Waals surface area contributed by atoms with E-state index in [1.54, 1.807) is 61.5 Å². The maximum Gasteiger partial charge on any atom is 0.328 e. The summed E-state index contributed by atoms with van der Waals surface area (Å²) in [5.74, 6) is -1.62. The summed E-state index contributed by atoms with van der Waals surface area (Å²) in [4.78, 5) is 47.5. The second-order valence-electron chi connectivity index (χ2n) is 6.07. The van der Waals surface area contributed by atoms with E-state index in [2.05, 4.69) is 10.6 Å². The Morgan fingerprint density at radius 2 is 1.57 bits per heavy atom. The topological polar surface area (TPSA) is 102 Å². The fourth-order valence-electron chi connectivity index (χ4n) is 2.26. The van der Waals surface area contributed by atoms with Crippen LogP contribution in [0.25, 0.3) is 0 Å². The Morgan fingerprint density at radius 3 is 2.18 bits per heavy atom. The second-order valence-corrected chi connectivity index (χ2v) is 6.07. The average molecular weight is 382 g/mol. The molecule has 0 saturated carbocycles. The van der Waals surface area contributed by atoms with Gasteiger partial charge in [-0.2, -0.15) is 0 Å². The molecule has 146 valence electrons. The van der Waals surface area contributed by atoms with Crippen LogP contribution >= 0.6 is 0 Å². The van der Waals surface area contributed by atoms with Crippen molar-refractivity contribution in [3.05, 3.63) is 65.7 Å². The number of nitrogens with one attached hydrogen (secondary N) is 2. The third-order valence-corrected chi connectivity index (χ3v) is 3.89. The van der Waals surface area contributed by atoms with Crippen LogP contribution in [0.4, 0.5) is 5.69 Å². The molecule has 7 heteroatoms. The Morgan fingerprint density at radius 1 is 0.929 bits per heavy atom. The van der Waals surface area contributed by atoms with Crippen molar-refractivity contribution in [1.29, 1.82) is 0 Å². The highest BCUT2D eigenvalue weighted by molar-refractivity contribution is 6.00. The zero-order valence-electron chi connectivity index (χ0n) is 15.7. The third kappa shape index (κ3) is 6.05. The number of ketones is 1. The molecule has 0 fully saturated rings. The minimum atomic E-state index is -0.896. The van der Waals surface area contributed by atoms with Gasteiger partial charge in [0.15, 0.2) is 12.4 Å². The molecule has 0 aromatic heterocycles. The summed E-state index contributed by atoms with van der Waals surface area (Å²) in [7, 11) is 0. The van der Waals surface area contributed by atoms with Crippen LogP contribution in [0.1, 0.15) is 41.0 Å². The smallest absolute Gasteiger partial charge is 0.328 e. The second kappa shape index (κ2) is 10.0. The predicted molar refractivity (Wildman–Crippen MR) is 104 cm³/mol. The van der Waals surface area contributed by atoms with Crippen LogP contribution in [0.5, 0.6) is 0 Å². The molecule has 0 radical (unpaired) electrons. The Bertz CT molecular complexity index is 847. The molecule has 2 amide bonds. The third-order valence-electron chi connectivity index (χ3n) is 3.89. The van der Waals surface area contributed by atoms with Crippen molar-refractivity contribution >= 4 is 29.3 Å². The van der Waals surface area contributed by atoms with Crippen LogP contribution in [0.2, 0.25) is 0 Å². The molecular formula is C21H22N2O5. The summed E-state index contributed by atoms with van der Waals surface area (Å²) in [6.07, 6.45) is 0.357. The lowest BCUT2D eigenvalue weighted by Gasteiger charge is -2.13. The molecule has 0 aliphatic heterocycles. The van der Waals surface area contributed by atoms with E-state index in [-0.39, 0.29) is 11.7 Å². The summed E-state index contributed by atoms with van der Waals surface area (Å²) in [5, 5.41) is 5.20. The van der Waals surface area contributed by atoms with Crippen LogP contribution in [0.3, 0.4) is 0 Å². The number of carbonyl (C=O) groups excluding carboxylic acids is 4. The zero-order valence-corrected chi connectivity index (χ0v) is 15.7. The van der Waals surface area contributed by atoms with Crippen LogP contribution < -0.4 is 10.6 Å². The van der Waals surface area contributed by atoms with Gasteiger partial charge in [0.05, 0.1) is 0 Å². The molecule has 1 atom stereocenters. The molecule has 0 aliphatic rings. The molecule has 2 aromatic carbocycles. The highest BCUT2D eigenvalue weighted by Gasteiger charge is 2.19. The van der Waals surface area contributed by atoms with Gasteiger partial charge >= 0.3 is 5.97 Å². The van der Waals surface area contributed by atoms with Gasteiger partial charge in [-0.1, -0.05) is 25.1 Å². The van der Waals surface area contributed by atoms with E-state index in [0.717, 1.165) is 0 Å². The molecule has 2 aromatic rings. The van der Waals surface area contributed by atoms with E-state index in [1.165, 1.54) is 6.92 Å². The number of anilines is 1. The molecule has 0 aliphatic carbocycles. The van der Waals surface area contributed by atoms with Gasteiger partial charge in [-0.25, -0.2) is 4.79 Å². The number of hydrogen-bond donors (Lipinski definition) is 2. The Kier molecular flexibility index (Phi) is 7.45. The first-order valence-electron chi connectivity index (χ1n) is 8.86. The number of benzene rings is 2. The van der Waals surface area contributed by atoms with Gasteiger partial charge in [-0.3, -0.25) is 14.4 Å². The van der Waals surface area contributed by atoms with Gasteiger partial charge in [0.25, 0.3) is 5.91 Å². The lowest BCUT2D eigenvalue weighted by atomic mass is 10.1. The van der Waals surface area contributed by atoms with Crippen LogP contribution in [-0.2, 0) is 14.3 Å². The van der Waals surface area contributed by atoms with Crippen molar-refractivity contribution in [3.63, 3.8) is 0 Å². The average Bonchev–Trinajstić information content (AvgIpc) is 2.72. The maximum atomic E-state index is 12.2. The fraction of sp³-hybridized carbons (Fsp3) is 0.238. The standard InChI is InChI=1S/C21H22N2O5/c1-3-19(25)23-17-11-9-15(10-12-17)18(24)13-28-21(27)14(2)22-20(26)16-7-5-4-6-8-16/h4-12,14H,3,13H2,1-2H3,(H,22,26)(H,23,25)/t14-/m0/s1. The number of rotatable bonds is 8. The van der Waals surface area contributed by atoms with Crippen molar-refractivity contribution in [2.75, 3.05) is 11.9 Å². The highest BCUT2D eigenvalue weighted by Crippen LogP contribution is 2.11. The van der Waals surface area contributed by atoms with Gasteiger partial charge in [-0.15, -0.1) is 0 Å². The lowest BCUT2D eigenvalue weighted by Crippen LogP contribution is -2.40. The molecule has 2 N–H and O–H groups in total. The first kappa shape index (κ1) is 20.8. The quantitative estimate of drug-likeness (QED) is 0.540. The summed E-state index contributed by atoms with van der Waals surface area (Å²) >= 11 is 0. The Labute approximate surface area is 163 Å². The summed E-state index contributed by atoms with van der Waals surface area (Å²) in [6, 6.07) is 13.9. The van der Waals surface area contributed by atoms with E-state index < -0.39 is 24.5 Å². The molecule has 0 unspecified atom stereocenters. The molecule has 28 heavy (non-hydrogen) atoms. The maximum absolute atomic E-state index is 12.2. The van der Waals surface area contributed by atoms with Crippen molar-refractivity contribution in [3.8, 4) is 0 Å². The molecule has 0 bridgehead atoms. The van der Waals surface area contributed by atoms with Crippen LogP contribution in [-0.4, -0.2) is 36.2 Å². The van der Waals surface area contributed by atoms with Crippen molar-refractivity contribution in [1.82, 2.24) is 5.32 Å². The molecular weight excluding hydrogens is 360 g/mol. The van der Waals surface area contributed by atoms with Gasteiger partial charge < -0.3 is 15.4 Å². The van der Waals surface area contributed by atoms with Gasteiger partial charge in [0.2, 0.25) is 5.91 Å². The predicted octanol–water partition coefficient (Wildman–Crippen LogP) is 2.58. The van der Waals surface area contributed by atoms with E-state index >= 15 is 0 Å². The number of carbonyl (C=O) groups is 4. The van der Waals surface area contributed by atoms with Crippen molar-refractivity contribution < 1.29 is 23.9 Å². The van der Waals surface area contributed by atoms with Crippen LogP contribution in [0.15, 0.2) is 54.6 Å². The monoisotopic (exact) mass is 382 g/mol. The van der Waals surface area contributed by atoms with Gasteiger partial charge in [0, 0.05) is 23.2 Å². The Balaban J connectivity index is 1.83. The van der Waals surface area contributed by atoms with Crippen molar-refractivity contribution in [2.45, 2.75) is 26.3 Å². The van der Waals surface area contributed by atoms with E-state index in [1.807, 2.05) is 0 Å². The van der Waals surface area contributed by atoms with Gasteiger partial charge in [-0.05, 0) is 43.3 Å². The first-order chi connectivity index (χ1) is 13.4. The van der Waals surface area contributed by atoms with Crippen molar-refractivity contribution in [2.24, 2.45) is 0 Å². The first-order valence-corrected chi connectivity index (χ1v) is 8.86. The normalized spacial score (nSPS) is 11.2. The molecule has 0 heterocycles. The van der Waals surface area contributed by atoms with Gasteiger partial charge in [0.1, 0.15) is 6.04 Å². The number of hydrogen-bond acceptors (Lipinski definition) is 5. The number of amides is 2. The number of Topliss-reactive ketones (excluding diaryl/α,β-unsaturated/α-hetero) is 1. The minimum Gasteiger partial charge on any atom is -0.456 e. The Hall–Kier alpha value is -3.48.